The molecule has 9 rings (SSSR count). The summed E-state index contributed by atoms with van der Waals surface area (Å²) in [5.74, 6) is -5.85. The van der Waals surface area contributed by atoms with Crippen molar-refractivity contribution in [1.82, 2.24) is 62.1 Å². The molecule has 12 N–H and O–H groups in total. The van der Waals surface area contributed by atoms with Crippen LogP contribution in [0.4, 0.5) is 45.9 Å². The molecule has 8 aromatic rings. The van der Waals surface area contributed by atoms with Crippen molar-refractivity contribution in [2.75, 3.05) is 55.6 Å². The van der Waals surface area contributed by atoms with Gasteiger partial charge in [-0.1, -0.05) is 0 Å². The fraction of sp³-hybridized carbons (Fsp3) is 0.264. The Morgan fingerprint density at radius 3 is 1.05 bits per heavy atom. The predicted molar refractivity (Wildman–Crippen MR) is 308 cm³/mol. The van der Waals surface area contributed by atoms with E-state index in [1.807, 2.05) is 0 Å². The first-order valence-corrected chi connectivity index (χ1v) is 26.1. The van der Waals surface area contributed by atoms with E-state index in [2.05, 4.69) is 68.1 Å². The lowest BCUT2D eigenvalue weighted by molar-refractivity contribution is -0.117. The number of amides is 10. The van der Waals surface area contributed by atoms with E-state index in [0.717, 1.165) is 0 Å². The highest BCUT2D eigenvalue weighted by Gasteiger charge is 2.25. The maximum Gasteiger partial charge on any atom is 0.291 e. The molecule has 0 spiro atoms. The second-order valence-electron chi connectivity index (χ2n) is 20.1. The highest BCUT2D eigenvalue weighted by Crippen LogP contribution is 2.23. The molecule has 16 bridgehead atoms. The third kappa shape index (κ3) is 13.2. The number of fused-ring (bicyclic) bond motifs is 16. The Morgan fingerprint density at radius 1 is 0.365 bits per heavy atom. The molecule has 0 saturated carbocycles. The van der Waals surface area contributed by atoms with E-state index >= 15 is 0 Å². The van der Waals surface area contributed by atoms with Gasteiger partial charge in [0.05, 0.1) is 34.5 Å². The molecule has 85 heavy (non-hydrogen) atoms. The minimum absolute atomic E-state index is 0.00304. The Bertz CT molecular complexity index is 4020. The topological polar surface area (TPSA) is 395 Å². The van der Waals surface area contributed by atoms with Crippen LogP contribution >= 0.6 is 0 Å². The lowest BCUT2D eigenvalue weighted by Gasteiger charge is -2.11. The highest BCUT2D eigenvalue weighted by molar-refractivity contribution is 6.10. The molecule has 0 fully saturated rings. The SMILES string of the molecule is Cn1cc2cc1C(=O)NCCCC(=O)Nc1cn(C)c(n1)C(=O)Nc1cc(n(C)c1)C(=O)Nc1cn(C)c(n1)C(=O)Nc1cc(n(C)c1)C(=O)NCC[C@@H](N)C(=O)Nc1cn(C)c(n1)C(=O)Nc1cc(n(C)c1)C(=O)Nc1cc(n(C)c1)C(=O)N2. The zero-order valence-corrected chi connectivity index (χ0v) is 47.2. The van der Waals surface area contributed by atoms with Crippen molar-refractivity contribution in [3.8, 4) is 0 Å². The zero-order valence-electron chi connectivity index (χ0n) is 47.2. The molecule has 442 valence electrons. The molecule has 9 heterocycles. The Labute approximate surface area is 482 Å². The average molecular weight is 1170 g/mol. The van der Waals surface area contributed by atoms with Crippen molar-refractivity contribution in [3.63, 3.8) is 0 Å². The fourth-order valence-corrected chi connectivity index (χ4v) is 9.17. The first-order chi connectivity index (χ1) is 40.4. The van der Waals surface area contributed by atoms with Gasteiger partial charge in [-0.25, -0.2) is 15.0 Å². The molecule has 10 amide bonds. The number of hydrogen-bond acceptors (Lipinski definition) is 14. The van der Waals surface area contributed by atoms with Crippen LogP contribution in [-0.4, -0.2) is 130 Å². The highest BCUT2D eigenvalue weighted by atomic mass is 16.2. The van der Waals surface area contributed by atoms with Gasteiger partial charge < -0.3 is 95.4 Å². The Balaban J connectivity index is 0.879. The van der Waals surface area contributed by atoms with Gasteiger partial charge in [-0.05, 0) is 43.2 Å². The Kier molecular flexibility index (Phi) is 16.5. The number of anilines is 8. The van der Waals surface area contributed by atoms with Crippen LogP contribution in [0.3, 0.4) is 0 Å². The smallest absolute Gasteiger partial charge is 0.291 e. The van der Waals surface area contributed by atoms with Gasteiger partial charge in [-0.2, -0.15) is 0 Å². The number of rotatable bonds is 0. The summed E-state index contributed by atoms with van der Waals surface area (Å²) in [7, 11) is 12.7. The molecule has 0 aliphatic carbocycles. The van der Waals surface area contributed by atoms with Gasteiger partial charge in [-0.15, -0.1) is 0 Å². The molecule has 0 radical (unpaired) electrons. The normalized spacial score (nSPS) is 15.9. The van der Waals surface area contributed by atoms with Crippen LogP contribution in [0.15, 0.2) is 79.9 Å². The number of carbonyl (C=O) groups is 10. The van der Waals surface area contributed by atoms with E-state index in [-0.39, 0.29) is 118 Å². The van der Waals surface area contributed by atoms with Crippen LogP contribution in [0.5, 0.6) is 0 Å². The Morgan fingerprint density at radius 2 is 0.671 bits per heavy atom. The molecular weight excluding hydrogens is 1100 g/mol. The number of nitrogens with one attached hydrogen (secondary N) is 10. The molecule has 1 atom stereocenters. The van der Waals surface area contributed by atoms with Crippen molar-refractivity contribution >= 4 is 105 Å². The van der Waals surface area contributed by atoms with E-state index in [4.69, 9.17) is 5.73 Å². The van der Waals surface area contributed by atoms with Gasteiger partial charge in [-0.3, -0.25) is 47.9 Å². The van der Waals surface area contributed by atoms with Crippen LogP contribution in [-0.2, 0) is 66.0 Å². The maximum absolute atomic E-state index is 13.5. The van der Waals surface area contributed by atoms with Gasteiger partial charge in [0.15, 0.2) is 17.5 Å². The lowest BCUT2D eigenvalue weighted by Crippen LogP contribution is -2.39. The number of nitrogens with two attached hydrogens (primary N) is 1. The van der Waals surface area contributed by atoms with Crippen molar-refractivity contribution in [2.45, 2.75) is 25.3 Å². The predicted octanol–water partition coefficient (Wildman–Crippen LogP) is 1.64. The monoisotopic (exact) mass is 1160 g/mol. The van der Waals surface area contributed by atoms with E-state index in [0.29, 0.717) is 5.69 Å². The molecule has 1 aliphatic heterocycles. The summed E-state index contributed by atoms with van der Waals surface area (Å²) in [6, 6.07) is 6.13. The summed E-state index contributed by atoms with van der Waals surface area (Å²) >= 11 is 0. The number of aromatic nitrogens is 11. The van der Waals surface area contributed by atoms with E-state index in [1.165, 1.54) is 110 Å². The van der Waals surface area contributed by atoms with Gasteiger partial charge in [0.2, 0.25) is 29.3 Å². The summed E-state index contributed by atoms with van der Waals surface area (Å²) in [6.07, 6.45) is 12.1. The van der Waals surface area contributed by atoms with Gasteiger partial charge in [0.25, 0.3) is 47.3 Å². The van der Waals surface area contributed by atoms with Crippen LogP contribution in [0.25, 0.3) is 0 Å². The third-order valence-corrected chi connectivity index (χ3v) is 13.4. The van der Waals surface area contributed by atoms with E-state index in [9.17, 15) is 47.9 Å². The van der Waals surface area contributed by atoms with Crippen LogP contribution in [0.1, 0.15) is 104 Å². The third-order valence-electron chi connectivity index (χ3n) is 13.4. The largest absolute Gasteiger partial charge is 0.351 e. The van der Waals surface area contributed by atoms with Gasteiger partial charge in [0.1, 0.15) is 28.5 Å². The van der Waals surface area contributed by atoms with Crippen LogP contribution in [0, 0.1) is 0 Å². The summed E-state index contributed by atoms with van der Waals surface area (Å²) in [6.45, 7) is 0.0923. The summed E-state index contributed by atoms with van der Waals surface area (Å²) in [5.41, 5.74) is 8.32. The lowest BCUT2D eigenvalue weighted by atomic mass is 10.2. The number of nitrogens with zero attached hydrogens (tertiary/aromatic N) is 11. The van der Waals surface area contributed by atoms with Crippen LogP contribution in [0.2, 0.25) is 0 Å². The zero-order chi connectivity index (χ0) is 61.1. The summed E-state index contributed by atoms with van der Waals surface area (Å²) in [5, 5.41) is 27.0. The van der Waals surface area contributed by atoms with E-state index < -0.39 is 65.1 Å². The number of carbonyl (C=O) groups excluding carboxylic acids is 10. The minimum Gasteiger partial charge on any atom is -0.351 e. The standard InChI is InChI=1S/C53H60N22O10/c1-68-19-27-14-33(68)46(78)55-12-9-10-41(76)62-38-24-73(6)42(63-38)51(83)61-31-18-37(72(5)23-31)50(82)67-40-26-75(8)44(65-40)53(85)59-29-15-34(69(2)21-29)47(79)56-13-11-32(54)45(77)66-39-25-74(7)43(64-39)52(84)60-30-17-36(71(4)22-30)49(81)58-28-16-35(48(80)57-27)70(3)20-28/h14-26,32H,9-13,54H2,1-8H3,(H,55,78)(H,56,79)(H,57,80)(H,58,81)(H,59,85)(H,60,84)(H,61,83)(H,62,76)(H,66,77)(H,67,82)/t32-/m1/s1. The molecule has 32 nitrogen and oxygen atoms in total. The first kappa shape index (κ1) is 58.3. The average Bonchev–Trinajstić information content (AvgIpc) is 3.82. The van der Waals surface area contributed by atoms with Gasteiger partial charge >= 0.3 is 0 Å². The van der Waals surface area contributed by atoms with Crippen molar-refractivity contribution < 1.29 is 47.9 Å². The van der Waals surface area contributed by atoms with Gasteiger partial charge in [0, 0.05) is 125 Å². The molecule has 32 heteroatoms. The fourth-order valence-electron chi connectivity index (χ4n) is 9.17. The van der Waals surface area contributed by atoms with Crippen LogP contribution < -0.4 is 58.9 Å². The number of hydrogen-bond donors (Lipinski definition) is 11. The Hall–Kier alpha value is -11.3. The quantitative estimate of drug-likeness (QED) is 0.103. The maximum atomic E-state index is 13.5. The number of aryl methyl sites for hydroxylation is 8. The summed E-state index contributed by atoms with van der Waals surface area (Å²) < 4.78 is 11.6. The second-order valence-corrected chi connectivity index (χ2v) is 20.1. The molecular formula is C53H60N22O10. The molecule has 0 unspecified atom stereocenters. The first-order valence-electron chi connectivity index (χ1n) is 26.1. The molecule has 1 aliphatic rings. The molecule has 0 aromatic carbocycles. The molecule has 8 aromatic heterocycles. The van der Waals surface area contributed by atoms with Crippen molar-refractivity contribution in [2.24, 2.45) is 62.1 Å². The van der Waals surface area contributed by atoms with E-state index in [1.54, 1.807) is 62.6 Å². The summed E-state index contributed by atoms with van der Waals surface area (Å²) in [4.78, 5) is 146. The number of imidazole rings is 3. The van der Waals surface area contributed by atoms with Crippen molar-refractivity contribution in [1.29, 1.82) is 0 Å². The minimum atomic E-state index is -1.11. The van der Waals surface area contributed by atoms with Crippen molar-refractivity contribution in [3.05, 3.63) is 126 Å². The second kappa shape index (κ2) is 24.0. The molecule has 0 saturated heterocycles.